The van der Waals surface area contributed by atoms with Gasteiger partial charge in [0.25, 0.3) is 0 Å². The summed E-state index contributed by atoms with van der Waals surface area (Å²) in [6.45, 7) is 2.31. The molecular formula is C15H17NO3S2. The summed E-state index contributed by atoms with van der Waals surface area (Å²) in [6.07, 6.45) is 1.57. The molecule has 1 heterocycles. The SMILES string of the molecule is CCC(=O)N(Cc1ccsc1)c1ccc(S(C)(=O)=O)cc1. The van der Waals surface area contributed by atoms with Gasteiger partial charge in [0.15, 0.2) is 9.84 Å². The van der Waals surface area contributed by atoms with Crippen LogP contribution in [0.4, 0.5) is 5.69 Å². The lowest BCUT2D eigenvalue weighted by atomic mass is 10.2. The van der Waals surface area contributed by atoms with Gasteiger partial charge in [-0.05, 0) is 46.7 Å². The first-order chi connectivity index (χ1) is 9.91. The lowest BCUT2D eigenvalue weighted by molar-refractivity contribution is -0.118. The van der Waals surface area contributed by atoms with Crippen molar-refractivity contribution in [3.05, 3.63) is 46.7 Å². The van der Waals surface area contributed by atoms with Gasteiger partial charge in [-0.2, -0.15) is 11.3 Å². The minimum Gasteiger partial charge on any atom is -0.308 e. The number of sulfone groups is 1. The maximum Gasteiger partial charge on any atom is 0.227 e. The van der Waals surface area contributed by atoms with Crippen molar-refractivity contribution in [3.8, 4) is 0 Å². The fourth-order valence-electron chi connectivity index (χ4n) is 1.95. The van der Waals surface area contributed by atoms with Gasteiger partial charge >= 0.3 is 0 Å². The number of hydrogen-bond acceptors (Lipinski definition) is 4. The second-order valence-corrected chi connectivity index (χ2v) is 7.53. The molecule has 0 atom stereocenters. The number of carbonyl (C=O) groups excluding carboxylic acids is 1. The zero-order chi connectivity index (χ0) is 15.5. The largest absolute Gasteiger partial charge is 0.308 e. The molecule has 6 heteroatoms. The molecule has 0 fully saturated rings. The summed E-state index contributed by atoms with van der Waals surface area (Å²) < 4.78 is 23.0. The second-order valence-electron chi connectivity index (χ2n) is 4.73. The van der Waals surface area contributed by atoms with E-state index in [1.54, 1.807) is 28.4 Å². The highest BCUT2D eigenvalue weighted by atomic mass is 32.2. The molecular weight excluding hydrogens is 306 g/mol. The van der Waals surface area contributed by atoms with Crippen LogP contribution in [0.3, 0.4) is 0 Å². The summed E-state index contributed by atoms with van der Waals surface area (Å²) in [4.78, 5) is 14.1. The first-order valence-corrected chi connectivity index (χ1v) is 9.37. The summed E-state index contributed by atoms with van der Waals surface area (Å²) in [7, 11) is -3.22. The molecule has 0 aliphatic carbocycles. The molecule has 0 radical (unpaired) electrons. The zero-order valence-electron chi connectivity index (χ0n) is 11.9. The van der Waals surface area contributed by atoms with Crippen LogP contribution in [0.15, 0.2) is 46.0 Å². The van der Waals surface area contributed by atoms with Crippen LogP contribution < -0.4 is 4.90 Å². The number of amides is 1. The molecule has 0 spiro atoms. The Morgan fingerprint density at radius 1 is 1.19 bits per heavy atom. The van der Waals surface area contributed by atoms with E-state index in [9.17, 15) is 13.2 Å². The molecule has 1 aromatic carbocycles. The minimum absolute atomic E-state index is 0.00769. The number of benzene rings is 1. The predicted octanol–water partition coefficient (Wildman–Crippen LogP) is 3.09. The van der Waals surface area contributed by atoms with Crippen molar-refractivity contribution in [2.24, 2.45) is 0 Å². The maximum atomic E-state index is 12.1. The molecule has 2 rings (SSSR count). The summed E-state index contributed by atoms with van der Waals surface area (Å²) in [5.74, 6) is 0.00769. The highest BCUT2D eigenvalue weighted by molar-refractivity contribution is 7.90. The third kappa shape index (κ3) is 3.92. The minimum atomic E-state index is -3.22. The average Bonchev–Trinajstić information content (AvgIpc) is 2.96. The van der Waals surface area contributed by atoms with Crippen molar-refractivity contribution in [3.63, 3.8) is 0 Å². The maximum absolute atomic E-state index is 12.1. The van der Waals surface area contributed by atoms with Gasteiger partial charge in [0.05, 0.1) is 11.4 Å². The molecule has 4 nitrogen and oxygen atoms in total. The number of hydrogen-bond donors (Lipinski definition) is 0. The standard InChI is InChI=1S/C15H17NO3S2/c1-3-15(17)16(10-12-8-9-20-11-12)13-4-6-14(7-5-13)21(2,18)19/h4-9,11H,3,10H2,1-2H3. The second kappa shape index (κ2) is 6.41. The average molecular weight is 323 g/mol. The van der Waals surface area contributed by atoms with Gasteiger partial charge in [0, 0.05) is 18.4 Å². The van der Waals surface area contributed by atoms with Crippen molar-refractivity contribution in [1.29, 1.82) is 0 Å². The molecule has 0 aliphatic heterocycles. The fraction of sp³-hybridized carbons (Fsp3) is 0.267. The van der Waals surface area contributed by atoms with E-state index >= 15 is 0 Å². The Morgan fingerprint density at radius 2 is 1.86 bits per heavy atom. The highest BCUT2D eigenvalue weighted by Crippen LogP contribution is 2.22. The lowest BCUT2D eigenvalue weighted by Gasteiger charge is -2.22. The van der Waals surface area contributed by atoms with Crippen LogP contribution >= 0.6 is 11.3 Å². The van der Waals surface area contributed by atoms with Gasteiger partial charge in [-0.1, -0.05) is 6.92 Å². The van der Waals surface area contributed by atoms with E-state index in [0.29, 0.717) is 18.7 Å². The van der Waals surface area contributed by atoms with Crippen molar-refractivity contribution in [1.82, 2.24) is 0 Å². The topological polar surface area (TPSA) is 54.5 Å². The van der Waals surface area contributed by atoms with E-state index in [1.807, 2.05) is 23.8 Å². The van der Waals surface area contributed by atoms with Crippen LogP contribution in [0.5, 0.6) is 0 Å². The zero-order valence-corrected chi connectivity index (χ0v) is 13.6. The molecule has 0 saturated carbocycles. The van der Waals surface area contributed by atoms with E-state index in [1.165, 1.54) is 18.4 Å². The lowest BCUT2D eigenvalue weighted by Crippen LogP contribution is -2.29. The van der Waals surface area contributed by atoms with E-state index in [4.69, 9.17) is 0 Å². The van der Waals surface area contributed by atoms with Crippen molar-refractivity contribution in [2.75, 3.05) is 11.2 Å². The molecule has 2 aromatic rings. The Balaban J connectivity index is 2.30. The Bertz CT molecular complexity index is 704. The molecule has 112 valence electrons. The monoisotopic (exact) mass is 323 g/mol. The third-order valence-electron chi connectivity index (χ3n) is 3.10. The van der Waals surface area contributed by atoms with E-state index < -0.39 is 9.84 Å². The van der Waals surface area contributed by atoms with E-state index in [2.05, 4.69) is 0 Å². The van der Waals surface area contributed by atoms with Gasteiger partial charge in [-0.3, -0.25) is 4.79 Å². The van der Waals surface area contributed by atoms with Gasteiger partial charge in [0.1, 0.15) is 0 Å². The Labute approximate surface area is 129 Å². The Morgan fingerprint density at radius 3 is 2.33 bits per heavy atom. The van der Waals surface area contributed by atoms with Crippen molar-refractivity contribution < 1.29 is 13.2 Å². The van der Waals surface area contributed by atoms with Gasteiger partial charge in [-0.15, -0.1) is 0 Å². The quantitative estimate of drug-likeness (QED) is 0.849. The van der Waals surface area contributed by atoms with Crippen LogP contribution in [-0.2, 0) is 21.2 Å². The molecule has 0 saturated heterocycles. The van der Waals surface area contributed by atoms with Crippen LogP contribution in [0.1, 0.15) is 18.9 Å². The molecule has 21 heavy (non-hydrogen) atoms. The third-order valence-corrected chi connectivity index (χ3v) is 4.96. The van der Waals surface area contributed by atoms with Crippen LogP contribution in [0.25, 0.3) is 0 Å². The molecule has 0 unspecified atom stereocenters. The van der Waals surface area contributed by atoms with Crippen LogP contribution in [0, 0.1) is 0 Å². The number of rotatable bonds is 5. The predicted molar refractivity (Wildman–Crippen MR) is 85.4 cm³/mol. The van der Waals surface area contributed by atoms with Crippen LogP contribution in [-0.4, -0.2) is 20.6 Å². The number of carbonyl (C=O) groups is 1. The normalized spacial score (nSPS) is 11.3. The number of thiophene rings is 1. The molecule has 1 aromatic heterocycles. The van der Waals surface area contributed by atoms with Crippen molar-refractivity contribution >= 4 is 32.8 Å². The first-order valence-electron chi connectivity index (χ1n) is 6.53. The molecule has 0 aliphatic rings. The Hall–Kier alpha value is -1.66. The number of nitrogens with zero attached hydrogens (tertiary/aromatic N) is 1. The molecule has 0 bridgehead atoms. The molecule has 1 amide bonds. The fourth-order valence-corrected chi connectivity index (χ4v) is 3.24. The van der Waals surface area contributed by atoms with Crippen molar-refractivity contribution in [2.45, 2.75) is 24.8 Å². The van der Waals surface area contributed by atoms with Gasteiger partial charge < -0.3 is 4.90 Å². The van der Waals surface area contributed by atoms with E-state index in [0.717, 1.165) is 5.56 Å². The molecule has 0 N–H and O–H groups in total. The summed E-state index contributed by atoms with van der Waals surface area (Å²) >= 11 is 1.58. The first kappa shape index (κ1) is 15.7. The van der Waals surface area contributed by atoms with E-state index in [-0.39, 0.29) is 10.8 Å². The smallest absolute Gasteiger partial charge is 0.227 e. The van der Waals surface area contributed by atoms with Gasteiger partial charge in [0.2, 0.25) is 5.91 Å². The Kier molecular flexibility index (Phi) is 4.80. The van der Waals surface area contributed by atoms with Gasteiger partial charge in [-0.25, -0.2) is 8.42 Å². The number of anilines is 1. The highest BCUT2D eigenvalue weighted by Gasteiger charge is 2.16. The van der Waals surface area contributed by atoms with Crippen LogP contribution in [0.2, 0.25) is 0 Å². The summed E-state index contributed by atoms with van der Waals surface area (Å²) in [5, 5.41) is 3.97. The summed E-state index contributed by atoms with van der Waals surface area (Å²) in [6, 6.07) is 8.40. The summed E-state index contributed by atoms with van der Waals surface area (Å²) in [5.41, 5.74) is 1.77.